The van der Waals surface area contributed by atoms with Crippen LogP contribution in [-0.2, 0) is 24.0 Å². The molecule has 0 spiro atoms. The summed E-state index contributed by atoms with van der Waals surface area (Å²) < 4.78 is 95.2. The maximum absolute atomic E-state index is 11.8. The molecule has 176 valence electrons. The molecule has 0 aliphatic heterocycles. The number of phenols is 2. The fourth-order valence-electron chi connectivity index (χ4n) is 2.78. The van der Waals surface area contributed by atoms with Crippen LogP contribution in [0.3, 0.4) is 0 Å². The van der Waals surface area contributed by atoms with Gasteiger partial charge in [-0.3, -0.25) is 0 Å². The van der Waals surface area contributed by atoms with Crippen molar-refractivity contribution in [3.8, 4) is 11.5 Å². The van der Waals surface area contributed by atoms with E-state index in [2.05, 4.69) is 10.2 Å². The Hall–Kier alpha value is 0.218. The van der Waals surface area contributed by atoms with Gasteiger partial charge in [0.1, 0.15) is 0 Å². The summed E-state index contributed by atoms with van der Waals surface area (Å²) >= 11 is -5.47. The number of rotatable bonds is 5. The van der Waals surface area contributed by atoms with Crippen molar-refractivity contribution in [2.75, 3.05) is 0 Å². The number of nitrogens with zero attached hydrogens (tertiary/aromatic N) is 2. The molecule has 0 fully saturated rings. The summed E-state index contributed by atoms with van der Waals surface area (Å²) in [6.07, 6.45) is 0. The third-order valence-electron chi connectivity index (χ3n) is 4.13. The van der Waals surface area contributed by atoms with E-state index < -0.39 is 76.5 Å². The van der Waals surface area contributed by atoms with Crippen LogP contribution in [-0.4, -0.2) is 147 Å². The Bertz CT molecular complexity index is 1560. The zero-order valence-electron chi connectivity index (χ0n) is 15.4. The predicted molar refractivity (Wildman–Crippen MR) is 129 cm³/mol. The Kier molecular flexibility index (Phi) is 12.9. The number of fused-ring (bicyclic) bond motifs is 1. The molecule has 0 atom stereocenters. The number of aromatic hydroxyl groups is 2. The van der Waals surface area contributed by atoms with Crippen LogP contribution in [0.5, 0.6) is 11.5 Å². The van der Waals surface area contributed by atoms with Crippen molar-refractivity contribution in [1.29, 1.82) is 0 Å². The van der Waals surface area contributed by atoms with Gasteiger partial charge < -0.3 is 0 Å². The molecule has 6 N–H and O–H groups in total. The zero-order valence-corrected chi connectivity index (χ0v) is 18.9. The van der Waals surface area contributed by atoms with Crippen LogP contribution in [0.2, 0.25) is 0 Å². The van der Waals surface area contributed by atoms with Crippen LogP contribution in [0.15, 0.2) is 62.5 Å². The quantitative estimate of drug-likeness (QED) is 0.112. The average molecular weight is 620 g/mol. The molecule has 13 nitrogen and oxygen atoms in total. The SMILES string of the molecule is O=S(=O)(O)c1cc(O)c2c(O)c(/N=N/c3ccccc3[As](=O)(O)O)c(S(=O)(=O)O)cc2c1.[NaH].[NaH].[NaH]. The van der Waals surface area contributed by atoms with Crippen LogP contribution in [0.1, 0.15) is 0 Å². The van der Waals surface area contributed by atoms with Crippen LogP contribution >= 0.6 is 0 Å². The summed E-state index contributed by atoms with van der Waals surface area (Å²) in [6, 6.07) is 6.86. The second-order valence-electron chi connectivity index (χ2n) is 6.30. The Morgan fingerprint density at radius 3 is 1.89 bits per heavy atom. The molecule has 3 aromatic rings. The van der Waals surface area contributed by atoms with Gasteiger partial charge in [-0.1, -0.05) is 0 Å². The Morgan fingerprint density at radius 1 is 0.800 bits per heavy atom. The second-order valence-corrected chi connectivity index (χ2v) is 12.4. The molecule has 0 radical (unpaired) electrons. The molecule has 0 aliphatic carbocycles. The van der Waals surface area contributed by atoms with E-state index in [1.54, 1.807) is 0 Å². The third-order valence-corrected chi connectivity index (χ3v) is 7.94. The zero-order chi connectivity index (χ0) is 24.1. The summed E-state index contributed by atoms with van der Waals surface area (Å²) in [4.78, 5) is -1.88. The van der Waals surface area contributed by atoms with Crippen molar-refractivity contribution in [2.24, 2.45) is 10.2 Å². The summed E-state index contributed by atoms with van der Waals surface area (Å²) in [5, 5.41) is 26.8. The van der Waals surface area contributed by atoms with Crippen molar-refractivity contribution < 1.29 is 48.1 Å². The third kappa shape index (κ3) is 8.10. The number of phenolic OH excluding ortho intramolecular Hbond substituents is 2. The van der Waals surface area contributed by atoms with E-state index in [0.717, 1.165) is 18.2 Å². The molecular weight excluding hydrogens is 604 g/mol. The van der Waals surface area contributed by atoms with Gasteiger partial charge >= 0.3 is 272 Å². The molecule has 0 saturated heterocycles. The average Bonchev–Trinajstić information content (AvgIpc) is 2.64. The van der Waals surface area contributed by atoms with Crippen molar-refractivity contribution in [2.45, 2.75) is 9.79 Å². The second kappa shape index (κ2) is 12.8. The van der Waals surface area contributed by atoms with Gasteiger partial charge in [-0.2, -0.15) is 0 Å². The normalized spacial score (nSPS) is 12.0. The molecule has 35 heavy (non-hydrogen) atoms. The van der Waals surface area contributed by atoms with E-state index in [0.29, 0.717) is 12.1 Å². The van der Waals surface area contributed by atoms with Gasteiger partial charge in [0, 0.05) is 0 Å². The van der Waals surface area contributed by atoms with Crippen LogP contribution in [0, 0.1) is 0 Å². The topological polar surface area (TPSA) is 231 Å². The molecular formula is C16H16AsN2Na3O11S2. The monoisotopic (exact) mass is 620 g/mol. The van der Waals surface area contributed by atoms with Gasteiger partial charge in [-0.15, -0.1) is 0 Å². The van der Waals surface area contributed by atoms with E-state index >= 15 is 0 Å². The fourth-order valence-corrected chi connectivity index (χ4v) is 5.44. The summed E-state index contributed by atoms with van der Waals surface area (Å²) in [5.41, 5.74) is -1.26. The van der Waals surface area contributed by atoms with Gasteiger partial charge in [-0.25, -0.2) is 0 Å². The summed E-state index contributed by atoms with van der Waals surface area (Å²) in [7, 11) is -9.93. The molecule has 0 aromatic heterocycles. The molecule has 0 unspecified atom stereocenters. The van der Waals surface area contributed by atoms with Crippen molar-refractivity contribution >= 4 is 150 Å². The van der Waals surface area contributed by atoms with Gasteiger partial charge in [0.2, 0.25) is 0 Å². The van der Waals surface area contributed by atoms with Crippen LogP contribution < -0.4 is 4.35 Å². The van der Waals surface area contributed by atoms with E-state index in [-0.39, 0.29) is 94.4 Å². The minimum absolute atomic E-state index is 0. The first-order valence-electron chi connectivity index (χ1n) is 8.15. The van der Waals surface area contributed by atoms with E-state index in [1.807, 2.05) is 0 Å². The van der Waals surface area contributed by atoms with Crippen molar-refractivity contribution in [3.63, 3.8) is 0 Å². The fraction of sp³-hybridized carbons (Fsp3) is 0. The summed E-state index contributed by atoms with van der Waals surface area (Å²) in [6.45, 7) is 0. The molecule has 0 saturated carbocycles. The standard InChI is InChI=1S/C16H13AsN2O11S2.3Na.3H/c20-12-7-9(31(25,26)27)5-8-6-13(32(28,29)30)15(16(21)14(8)12)19-18-11-4-2-1-3-10(11)17(22,23)24;;;;;;/h1-7,20-21H,(H2,22,23,24)(H,25,26,27)(H,28,29,30);;;;;;/b19-18+;;;;;;. The minimum atomic E-state index is -5.47. The summed E-state index contributed by atoms with van der Waals surface area (Å²) in [5.74, 6) is -1.93. The number of azo groups is 1. The van der Waals surface area contributed by atoms with Crippen LogP contribution in [0.4, 0.5) is 11.4 Å². The molecule has 0 aliphatic rings. The Labute approximate surface area is 268 Å². The van der Waals surface area contributed by atoms with Crippen molar-refractivity contribution in [3.05, 3.63) is 42.5 Å². The number of hydrogen-bond donors (Lipinski definition) is 6. The number of benzene rings is 3. The first-order chi connectivity index (χ1) is 14.6. The Morgan fingerprint density at radius 2 is 1.37 bits per heavy atom. The molecule has 3 aromatic carbocycles. The molecule has 19 heteroatoms. The van der Waals surface area contributed by atoms with E-state index in [1.165, 1.54) is 12.1 Å². The molecule has 0 amide bonds. The van der Waals surface area contributed by atoms with Gasteiger partial charge in [0.25, 0.3) is 0 Å². The molecule has 0 heterocycles. The van der Waals surface area contributed by atoms with Crippen LogP contribution in [0.25, 0.3) is 10.8 Å². The maximum atomic E-state index is 11.8. The van der Waals surface area contributed by atoms with E-state index in [4.69, 9.17) is 4.55 Å². The Balaban J connectivity index is 0.00000385. The first-order valence-corrected chi connectivity index (χ1v) is 14.4. The molecule has 3 rings (SSSR count). The van der Waals surface area contributed by atoms with Gasteiger partial charge in [0.05, 0.1) is 0 Å². The first kappa shape index (κ1) is 35.2. The number of hydrogen-bond acceptors (Lipinski definition) is 9. The molecule has 0 bridgehead atoms. The van der Waals surface area contributed by atoms with Gasteiger partial charge in [0.15, 0.2) is 0 Å². The van der Waals surface area contributed by atoms with E-state index in [9.17, 15) is 43.5 Å². The van der Waals surface area contributed by atoms with Crippen molar-refractivity contribution in [1.82, 2.24) is 0 Å². The van der Waals surface area contributed by atoms with Gasteiger partial charge in [-0.05, 0) is 0 Å². The predicted octanol–water partition coefficient (Wildman–Crippen LogP) is -1.22.